The second-order valence-electron chi connectivity index (χ2n) is 5.00. The highest BCUT2D eigenvalue weighted by molar-refractivity contribution is 7.99. The summed E-state index contributed by atoms with van der Waals surface area (Å²) in [7, 11) is 0. The lowest BCUT2D eigenvalue weighted by Gasteiger charge is -2.12. The Hall–Kier alpha value is -1.23. The van der Waals surface area contributed by atoms with Crippen LogP contribution in [-0.4, -0.2) is 34.5 Å². The van der Waals surface area contributed by atoms with Crippen molar-refractivity contribution in [3.8, 4) is 0 Å². The number of aliphatic carboxylic acids is 1. The average molecular weight is 299 g/mol. The van der Waals surface area contributed by atoms with Gasteiger partial charge in [-0.1, -0.05) is 23.3 Å². The monoisotopic (exact) mass is 299 g/mol. The van der Waals surface area contributed by atoms with Gasteiger partial charge in [0.2, 0.25) is 5.91 Å². The number of carboxylic acid groups (broad SMARTS) is 1. The zero-order valence-corrected chi connectivity index (χ0v) is 13.5. The first-order valence-electron chi connectivity index (χ1n) is 6.69. The Kier molecular flexibility index (Phi) is 9.90. The molecule has 2 N–H and O–H groups in total. The minimum atomic E-state index is -0.989. The fourth-order valence-electron chi connectivity index (χ4n) is 1.50. The van der Waals surface area contributed by atoms with Gasteiger partial charge in [0.1, 0.15) is 6.04 Å². The van der Waals surface area contributed by atoms with E-state index in [1.165, 1.54) is 29.8 Å². The molecule has 0 bridgehead atoms. The first kappa shape index (κ1) is 18.8. The van der Waals surface area contributed by atoms with Crippen molar-refractivity contribution in [2.24, 2.45) is 0 Å². The molecule has 0 aliphatic rings. The standard InChI is InChI=1S/C15H25NO3S/c1-11(2)6-5-7-12(3)8-9-20-10-14(15(18)19)16-13(4)17/h6,8,14H,5,7,9-10H2,1-4H3,(H,16,17)(H,18,19)/b12-8+/t14-/m0/s1. The summed E-state index contributed by atoms with van der Waals surface area (Å²) >= 11 is 1.51. The van der Waals surface area contributed by atoms with Crippen molar-refractivity contribution < 1.29 is 14.7 Å². The zero-order valence-electron chi connectivity index (χ0n) is 12.7. The number of carboxylic acids is 1. The fourth-order valence-corrected chi connectivity index (χ4v) is 2.50. The summed E-state index contributed by atoms with van der Waals surface area (Å²) in [5.74, 6) is -0.153. The molecule has 0 aromatic heterocycles. The zero-order chi connectivity index (χ0) is 15.5. The van der Waals surface area contributed by atoms with E-state index in [1.54, 1.807) is 0 Å². The van der Waals surface area contributed by atoms with Gasteiger partial charge in [-0.2, -0.15) is 11.8 Å². The van der Waals surface area contributed by atoms with Crippen molar-refractivity contribution in [1.29, 1.82) is 0 Å². The van der Waals surface area contributed by atoms with Gasteiger partial charge in [-0.15, -0.1) is 0 Å². The Labute approximate surface area is 125 Å². The van der Waals surface area contributed by atoms with Crippen LogP contribution in [-0.2, 0) is 9.59 Å². The summed E-state index contributed by atoms with van der Waals surface area (Å²) in [6, 6.07) is -0.808. The molecule has 4 nitrogen and oxygen atoms in total. The maximum Gasteiger partial charge on any atom is 0.327 e. The SMILES string of the molecule is CC(=O)N[C@@H](CSC/C=C(\C)CCC=C(C)C)C(=O)O. The molecule has 1 amide bonds. The molecule has 0 radical (unpaired) electrons. The van der Waals surface area contributed by atoms with Gasteiger partial charge >= 0.3 is 5.97 Å². The lowest BCUT2D eigenvalue weighted by Crippen LogP contribution is -2.41. The van der Waals surface area contributed by atoms with Crippen LogP contribution in [0.2, 0.25) is 0 Å². The molecule has 0 aromatic carbocycles. The molecule has 20 heavy (non-hydrogen) atoms. The van der Waals surface area contributed by atoms with E-state index in [1.807, 2.05) is 0 Å². The fraction of sp³-hybridized carbons (Fsp3) is 0.600. The van der Waals surface area contributed by atoms with Crippen LogP contribution >= 0.6 is 11.8 Å². The van der Waals surface area contributed by atoms with E-state index in [9.17, 15) is 9.59 Å². The van der Waals surface area contributed by atoms with Crippen molar-refractivity contribution in [1.82, 2.24) is 5.32 Å². The molecule has 0 aliphatic heterocycles. The predicted octanol–water partition coefficient (Wildman–Crippen LogP) is 3.00. The summed E-state index contributed by atoms with van der Waals surface area (Å²) in [5.41, 5.74) is 2.63. The number of rotatable bonds is 9. The molecule has 0 saturated carbocycles. The molecule has 0 unspecified atom stereocenters. The average Bonchev–Trinajstić information content (AvgIpc) is 2.31. The third-order valence-corrected chi connectivity index (χ3v) is 3.57. The van der Waals surface area contributed by atoms with E-state index in [0.29, 0.717) is 5.75 Å². The van der Waals surface area contributed by atoms with Crippen LogP contribution in [0.4, 0.5) is 0 Å². The van der Waals surface area contributed by atoms with Gasteiger partial charge in [0.05, 0.1) is 0 Å². The summed E-state index contributed by atoms with van der Waals surface area (Å²) in [6.07, 6.45) is 6.40. The summed E-state index contributed by atoms with van der Waals surface area (Å²) < 4.78 is 0. The Morgan fingerprint density at radius 1 is 1.20 bits per heavy atom. The molecule has 0 aromatic rings. The summed E-state index contributed by atoms with van der Waals surface area (Å²) in [6.45, 7) is 7.59. The van der Waals surface area contributed by atoms with Crippen LogP contribution in [0.3, 0.4) is 0 Å². The van der Waals surface area contributed by atoms with Gasteiger partial charge in [0.15, 0.2) is 0 Å². The second kappa shape index (κ2) is 10.5. The summed E-state index contributed by atoms with van der Waals surface area (Å²) in [4.78, 5) is 21.8. The van der Waals surface area contributed by atoms with E-state index in [2.05, 4.69) is 38.2 Å². The number of amides is 1. The molecule has 0 heterocycles. The highest BCUT2D eigenvalue weighted by Gasteiger charge is 2.17. The Morgan fingerprint density at radius 2 is 1.85 bits per heavy atom. The van der Waals surface area contributed by atoms with Gasteiger partial charge < -0.3 is 10.4 Å². The molecule has 5 heteroatoms. The van der Waals surface area contributed by atoms with Crippen molar-refractivity contribution in [2.75, 3.05) is 11.5 Å². The van der Waals surface area contributed by atoms with Crippen LogP contribution in [0.25, 0.3) is 0 Å². The van der Waals surface area contributed by atoms with Crippen molar-refractivity contribution in [2.45, 2.75) is 46.6 Å². The first-order chi connectivity index (χ1) is 9.32. The molecular formula is C15H25NO3S. The van der Waals surface area contributed by atoms with E-state index >= 15 is 0 Å². The molecular weight excluding hydrogens is 274 g/mol. The largest absolute Gasteiger partial charge is 0.480 e. The normalized spacial score (nSPS) is 12.7. The Bertz CT molecular complexity index is 385. The van der Waals surface area contributed by atoms with Crippen LogP contribution in [0.5, 0.6) is 0 Å². The maximum absolute atomic E-state index is 10.9. The molecule has 0 aliphatic carbocycles. The lowest BCUT2D eigenvalue weighted by atomic mass is 10.1. The number of hydrogen-bond acceptors (Lipinski definition) is 3. The van der Waals surface area contributed by atoms with Crippen LogP contribution < -0.4 is 5.32 Å². The first-order valence-corrected chi connectivity index (χ1v) is 7.85. The minimum Gasteiger partial charge on any atom is -0.480 e. The Morgan fingerprint density at radius 3 is 2.35 bits per heavy atom. The van der Waals surface area contributed by atoms with Crippen molar-refractivity contribution in [3.05, 3.63) is 23.3 Å². The molecule has 0 saturated heterocycles. The van der Waals surface area contributed by atoms with E-state index in [-0.39, 0.29) is 5.91 Å². The van der Waals surface area contributed by atoms with Gasteiger partial charge in [0.25, 0.3) is 0 Å². The number of hydrogen-bond donors (Lipinski definition) is 2. The number of thioether (sulfide) groups is 1. The third kappa shape index (κ3) is 10.7. The lowest BCUT2D eigenvalue weighted by molar-refractivity contribution is -0.140. The minimum absolute atomic E-state index is 0.313. The Balaban J connectivity index is 4.00. The summed E-state index contributed by atoms with van der Waals surface area (Å²) in [5, 5.41) is 11.4. The van der Waals surface area contributed by atoms with Crippen molar-refractivity contribution >= 4 is 23.6 Å². The maximum atomic E-state index is 10.9. The van der Waals surface area contributed by atoms with Gasteiger partial charge in [0, 0.05) is 18.4 Å². The number of allylic oxidation sites excluding steroid dienone is 3. The molecule has 1 atom stereocenters. The highest BCUT2D eigenvalue weighted by atomic mass is 32.2. The number of carbonyl (C=O) groups is 2. The van der Waals surface area contributed by atoms with Gasteiger partial charge in [-0.3, -0.25) is 4.79 Å². The second-order valence-corrected chi connectivity index (χ2v) is 6.07. The van der Waals surface area contributed by atoms with E-state index in [4.69, 9.17) is 5.11 Å². The van der Waals surface area contributed by atoms with Crippen LogP contribution in [0.15, 0.2) is 23.3 Å². The third-order valence-electron chi connectivity index (χ3n) is 2.60. The van der Waals surface area contributed by atoms with Gasteiger partial charge in [-0.05, 0) is 33.6 Å². The highest BCUT2D eigenvalue weighted by Crippen LogP contribution is 2.10. The molecule has 114 valence electrons. The molecule has 0 fully saturated rings. The predicted molar refractivity (Wildman–Crippen MR) is 85.0 cm³/mol. The topological polar surface area (TPSA) is 66.4 Å². The van der Waals surface area contributed by atoms with Crippen LogP contribution in [0.1, 0.15) is 40.5 Å². The quantitative estimate of drug-likeness (QED) is 0.507. The molecule has 0 rings (SSSR count). The number of carbonyl (C=O) groups excluding carboxylic acids is 1. The van der Waals surface area contributed by atoms with E-state index < -0.39 is 12.0 Å². The molecule has 0 spiro atoms. The van der Waals surface area contributed by atoms with E-state index in [0.717, 1.165) is 18.6 Å². The smallest absolute Gasteiger partial charge is 0.327 e. The van der Waals surface area contributed by atoms with Crippen molar-refractivity contribution in [3.63, 3.8) is 0 Å². The van der Waals surface area contributed by atoms with Crippen LogP contribution in [0, 0.1) is 0 Å². The van der Waals surface area contributed by atoms with Gasteiger partial charge in [-0.25, -0.2) is 4.79 Å². The number of nitrogens with one attached hydrogen (secondary N) is 1.